The fourth-order valence-corrected chi connectivity index (χ4v) is 4.26. The first kappa shape index (κ1) is 15.5. The predicted octanol–water partition coefficient (Wildman–Crippen LogP) is 4.95. The molecule has 3 atom stereocenters. The van der Waals surface area contributed by atoms with Gasteiger partial charge in [-0.2, -0.15) is 0 Å². The maximum atomic E-state index is 5.80. The number of para-hydroxylation sites is 1. The van der Waals surface area contributed by atoms with Gasteiger partial charge >= 0.3 is 0 Å². The van der Waals surface area contributed by atoms with Crippen LogP contribution >= 0.6 is 12.2 Å². The third kappa shape index (κ3) is 3.54. The number of thiocarbonyl (C=S) groups is 1. The third-order valence-electron chi connectivity index (χ3n) is 5.15. The summed E-state index contributed by atoms with van der Waals surface area (Å²) in [5, 5.41) is 7.51. The Morgan fingerprint density at radius 1 is 0.917 bits per heavy atom. The highest BCUT2D eigenvalue weighted by Crippen LogP contribution is 2.44. The van der Waals surface area contributed by atoms with E-state index in [0.29, 0.717) is 6.04 Å². The van der Waals surface area contributed by atoms with Crippen molar-refractivity contribution in [3.8, 4) is 11.5 Å². The van der Waals surface area contributed by atoms with Crippen molar-refractivity contribution in [1.29, 1.82) is 0 Å². The highest BCUT2D eigenvalue weighted by Gasteiger charge is 2.39. The summed E-state index contributed by atoms with van der Waals surface area (Å²) in [4.78, 5) is 0. The Morgan fingerprint density at radius 3 is 2.33 bits per heavy atom. The van der Waals surface area contributed by atoms with Crippen LogP contribution in [0.5, 0.6) is 11.5 Å². The van der Waals surface area contributed by atoms with Crippen LogP contribution in [0, 0.1) is 11.8 Å². The third-order valence-corrected chi connectivity index (χ3v) is 5.37. The van der Waals surface area contributed by atoms with Gasteiger partial charge in [-0.3, -0.25) is 0 Å². The summed E-state index contributed by atoms with van der Waals surface area (Å²) in [6.07, 6.45) is 5.42. The van der Waals surface area contributed by atoms with Crippen LogP contribution in [0.15, 0.2) is 54.6 Å². The molecule has 0 heterocycles. The zero-order valence-electron chi connectivity index (χ0n) is 13.6. The number of fused-ring (bicyclic) bond motifs is 2. The van der Waals surface area contributed by atoms with E-state index in [1.54, 1.807) is 0 Å². The molecular weight excluding hydrogens is 316 g/mol. The van der Waals surface area contributed by atoms with E-state index in [0.717, 1.165) is 34.1 Å². The van der Waals surface area contributed by atoms with E-state index in [4.69, 9.17) is 17.0 Å². The highest BCUT2D eigenvalue weighted by atomic mass is 32.1. The van der Waals surface area contributed by atoms with E-state index < -0.39 is 0 Å². The summed E-state index contributed by atoms with van der Waals surface area (Å²) < 4.78 is 5.80. The Morgan fingerprint density at radius 2 is 1.67 bits per heavy atom. The fraction of sp³-hybridized carbons (Fsp3) is 0.350. The molecule has 0 unspecified atom stereocenters. The van der Waals surface area contributed by atoms with Crippen molar-refractivity contribution in [2.45, 2.75) is 31.7 Å². The summed E-state index contributed by atoms with van der Waals surface area (Å²) >= 11 is 5.47. The number of benzene rings is 2. The van der Waals surface area contributed by atoms with E-state index >= 15 is 0 Å². The van der Waals surface area contributed by atoms with E-state index in [-0.39, 0.29) is 0 Å². The zero-order valence-corrected chi connectivity index (χ0v) is 14.4. The summed E-state index contributed by atoms with van der Waals surface area (Å²) in [7, 11) is 0. The maximum Gasteiger partial charge on any atom is 0.171 e. The molecule has 4 heteroatoms. The molecule has 2 saturated carbocycles. The van der Waals surface area contributed by atoms with Gasteiger partial charge in [0.25, 0.3) is 0 Å². The van der Waals surface area contributed by atoms with Gasteiger partial charge < -0.3 is 15.4 Å². The number of nitrogens with one attached hydrogen (secondary N) is 2. The molecule has 3 nitrogen and oxygen atoms in total. The molecule has 2 aromatic rings. The lowest BCUT2D eigenvalue weighted by Crippen LogP contribution is -2.40. The molecule has 0 amide bonds. The number of anilines is 1. The Balaban J connectivity index is 1.31. The molecule has 2 aliphatic rings. The van der Waals surface area contributed by atoms with Gasteiger partial charge in [0, 0.05) is 11.7 Å². The van der Waals surface area contributed by atoms with E-state index in [1.165, 1.54) is 25.7 Å². The van der Waals surface area contributed by atoms with E-state index in [1.807, 2.05) is 54.6 Å². The quantitative estimate of drug-likeness (QED) is 0.773. The monoisotopic (exact) mass is 338 g/mol. The molecule has 124 valence electrons. The molecular formula is C20H22N2OS. The second-order valence-electron chi connectivity index (χ2n) is 6.82. The fourth-order valence-electron chi connectivity index (χ4n) is 3.99. The second-order valence-corrected chi connectivity index (χ2v) is 7.23. The van der Waals surface area contributed by atoms with Crippen LogP contribution in [0.2, 0.25) is 0 Å². The van der Waals surface area contributed by atoms with Crippen LogP contribution in [0.1, 0.15) is 25.7 Å². The Labute approximate surface area is 148 Å². The lowest BCUT2D eigenvalue weighted by atomic mass is 9.96. The van der Waals surface area contributed by atoms with Crippen LogP contribution in [0.25, 0.3) is 0 Å². The number of hydrogen-bond acceptors (Lipinski definition) is 2. The molecule has 0 aromatic heterocycles. The normalized spacial score (nSPS) is 24.6. The van der Waals surface area contributed by atoms with Gasteiger partial charge in [0.2, 0.25) is 0 Å². The van der Waals surface area contributed by atoms with Crippen molar-refractivity contribution in [3.05, 3.63) is 54.6 Å². The summed E-state index contributed by atoms with van der Waals surface area (Å²) in [6.45, 7) is 0. The minimum absolute atomic E-state index is 0.560. The Bertz CT molecular complexity index is 701. The average Bonchev–Trinajstić information content (AvgIpc) is 3.20. The molecule has 0 radical (unpaired) electrons. The van der Waals surface area contributed by atoms with Crippen LogP contribution in [-0.2, 0) is 0 Å². The first-order valence-corrected chi connectivity index (χ1v) is 9.07. The first-order chi connectivity index (χ1) is 11.8. The largest absolute Gasteiger partial charge is 0.457 e. The van der Waals surface area contributed by atoms with Gasteiger partial charge in [-0.15, -0.1) is 0 Å². The van der Waals surface area contributed by atoms with Crippen molar-refractivity contribution in [2.24, 2.45) is 11.8 Å². The number of hydrogen-bond donors (Lipinski definition) is 2. The van der Waals surface area contributed by atoms with Crippen molar-refractivity contribution < 1.29 is 4.74 Å². The standard InChI is InChI=1S/C20H22N2OS/c24-20(22-19-13-14-6-7-15(19)12-14)21-16-8-10-18(11-9-16)23-17-4-2-1-3-5-17/h1-5,8-11,14-15,19H,6-7,12-13H2,(H2,21,22,24)/t14-,15+,19-/m0/s1. The predicted molar refractivity (Wildman–Crippen MR) is 102 cm³/mol. The smallest absolute Gasteiger partial charge is 0.171 e. The maximum absolute atomic E-state index is 5.80. The van der Waals surface area contributed by atoms with Gasteiger partial charge in [0.05, 0.1) is 0 Å². The Hall–Kier alpha value is -2.07. The lowest BCUT2D eigenvalue weighted by molar-refractivity contribution is 0.392. The van der Waals surface area contributed by atoms with Gasteiger partial charge in [0.1, 0.15) is 11.5 Å². The van der Waals surface area contributed by atoms with Gasteiger partial charge in [-0.1, -0.05) is 24.6 Å². The topological polar surface area (TPSA) is 33.3 Å². The van der Waals surface area contributed by atoms with Crippen LogP contribution in [0.4, 0.5) is 5.69 Å². The molecule has 2 aromatic carbocycles. The number of rotatable bonds is 4. The highest BCUT2D eigenvalue weighted by molar-refractivity contribution is 7.80. The summed E-state index contributed by atoms with van der Waals surface area (Å²) in [5.41, 5.74) is 0.982. The lowest BCUT2D eigenvalue weighted by Gasteiger charge is -2.24. The van der Waals surface area contributed by atoms with Gasteiger partial charge in [-0.25, -0.2) is 0 Å². The molecule has 2 aliphatic carbocycles. The SMILES string of the molecule is S=C(Nc1ccc(Oc2ccccc2)cc1)N[C@H]1C[C@H]2CC[C@@H]1C2. The summed E-state index contributed by atoms with van der Waals surface area (Å²) in [5.74, 6) is 3.39. The minimum atomic E-state index is 0.560. The molecule has 4 rings (SSSR count). The van der Waals surface area contributed by atoms with Crippen molar-refractivity contribution >= 4 is 23.0 Å². The van der Waals surface area contributed by atoms with Gasteiger partial charge in [0.15, 0.2) is 5.11 Å². The Kier molecular flexibility index (Phi) is 4.39. The molecule has 0 aliphatic heterocycles. The van der Waals surface area contributed by atoms with Crippen LogP contribution in [-0.4, -0.2) is 11.2 Å². The molecule has 0 saturated heterocycles. The van der Waals surface area contributed by atoms with Crippen molar-refractivity contribution in [2.75, 3.05) is 5.32 Å². The number of ether oxygens (including phenoxy) is 1. The molecule has 2 fully saturated rings. The van der Waals surface area contributed by atoms with Crippen molar-refractivity contribution in [1.82, 2.24) is 5.32 Å². The van der Waals surface area contributed by atoms with E-state index in [2.05, 4.69) is 10.6 Å². The van der Waals surface area contributed by atoms with Crippen molar-refractivity contribution in [3.63, 3.8) is 0 Å². The minimum Gasteiger partial charge on any atom is -0.457 e. The van der Waals surface area contributed by atoms with Crippen LogP contribution in [0.3, 0.4) is 0 Å². The molecule has 0 spiro atoms. The van der Waals surface area contributed by atoms with Crippen LogP contribution < -0.4 is 15.4 Å². The average molecular weight is 338 g/mol. The van der Waals surface area contributed by atoms with E-state index in [9.17, 15) is 0 Å². The zero-order chi connectivity index (χ0) is 16.4. The molecule has 2 N–H and O–H groups in total. The summed E-state index contributed by atoms with van der Waals surface area (Å²) in [6, 6.07) is 18.2. The second kappa shape index (κ2) is 6.81. The molecule has 2 bridgehead atoms. The van der Waals surface area contributed by atoms with Gasteiger partial charge in [-0.05, 0) is 79.7 Å². The molecule has 24 heavy (non-hydrogen) atoms. The first-order valence-electron chi connectivity index (χ1n) is 8.67.